The van der Waals surface area contributed by atoms with Crippen LogP contribution in [0, 0.1) is 0 Å². The standard InChI is InChI=1S/C17H22N4O4/c1-17(2,3)25-10-14(21-8-7-18-11-21)15(22)20-12-5-6-13(19-9-12)16(23)24-4/h5-9,11,14H,10H2,1-4H3,(H,20,22)/t14-/m0/s1. The van der Waals surface area contributed by atoms with Crippen LogP contribution in [0.15, 0.2) is 37.1 Å². The third kappa shape index (κ3) is 5.39. The first-order valence-corrected chi connectivity index (χ1v) is 7.77. The first kappa shape index (κ1) is 18.6. The van der Waals surface area contributed by atoms with E-state index in [0.717, 1.165) is 0 Å². The number of rotatable bonds is 6. The van der Waals surface area contributed by atoms with Gasteiger partial charge in [-0.3, -0.25) is 4.79 Å². The minimum absolute atomic E-state index is 0.169. The van der Waals surface area contributed by atoms with Gasteiger partial charge in [0, 0.05) is 12.4 Å². The third-order valence-electron chi connectivity index (χ3n) is 3.29. The molecule has 0 saturated heterocycles. The topological polar surface area (TPSA) is 95.3 Å². The van der Waals surface area contributed by atoms with Crippen LogP contribution in [0.2, 0.25) is 0 Å². The van der Waals surface area contributed by atoms with Crippen molar-refractivity contribution in [3.63, 3.8) is 0 Å². The summed E-state index contributed by atoms with van der Waals surface area (Å²) in [5, 5.41) is 2.77. The van der Waals surface area contributed by atoms with Crippen molar-refractivity contribution in [2.24, 2.45) is 0 Å². The molecule has 2 heterocycles. The normalized spacial score (nSPS) is 12.5. The lowest BCUT2D eigenvalue weighted by Crippen LogP contribution is -2.32. The smallest absolute Gasteiger partial charge is 0.356 e. The Bertz CT molecular complexity index is 705. The lowest BCUT2D eigenvalue weighted by Gasteiger charge is -2.24. The molecule has 0 saturated carbocycles. The van der Waals surface area contributed by atoms with Gasteiger partial charge in [-0.05, 0) is 32.9 Å². The predicted octanol–water partition coefficient (Wildman–Crippen LogP) is 2.06. The molecule has 0 bridgehead atoms. The molecule has 25 heavy (non-hydrogen) atoms. The zero-order valence-electron chi connectivity index (χ0n) is 14.7. The van der Waals surface area contributed by atoms with Gasteiger partial charge in [0.05, 0.1) is 37.5 Å². The number of nitrogens with one attached hydrogen (secondary N) is 1. The third-order valence-corrected chi connectivity index (χ3v) is 3.29. The summed E-state index contributed by atoms with van der Waals surface area (Å²) in [6.07, 6.45) is 6.27. The van der Waals surface area contributed by atoms with Crippen LogP contribution in [-0.4, -0.2) is 45.7 Å². The average Bonchev–Trinajstić information content (AvgIpc) is 3.08. The molecule has 8 nitrogen and oxygen atoms in total. The molecule has 2 rings (SSSR count). The number of imidazole rings is 1. The number of carbonyl (C=O) groups excluding carboxylic acids is 2. The van der Waals surface area contributed by atoms with Crippen LogP contribution in [0.25, 0.3) is 0 Å². The van der Waals surface area contributed by atoms with E-state index in [1.54, 1.807) is 29.4 Å². The summed E-state index contributed by atoms with van der Waals surface area (Å²) in [5.74, 6) is -0.803. The summed E-state index contributed by atoms with van der Waals surface area (Å²) >= 11 is 0. The maximum Gasteiger partial charge on any atom is 0.356 e. The fourth-order valence-electron chi connectivity index (χ4n) is 2.00. The van der Waals surface area contributed by atoms with E-state index in [-0.39, 0.29) is 23.8 Å². The van der Waals surface area contributed by atoms with E-state index in [0.29, 0.717) is 5.69 Å². The summed E-state index contributed by atoms with van der Waals surface area (Å²) in [6, 6.07) is 2.49. The number of hydrogen-bond donors (Lipinski definition) is 1. The van der Waals surface area contributed by atoms with E-state index in [1.807, 2.05) is 20.8 Å². The molecular weight excluding hydrogens is 324 g/mol. The fourth-order valence-corrected chi connectivity index (χ4v) is 2.00. The fraction of sp³-hybridized carbons (Fsp3) is 0.412. The first-order valence-electron chi connectivity index (χ1n) is 7.77. The van der Waals surface area contributed by atoms with E-state index in [2.05, 4.69) is 20.0 Å². The van der Waals surface area contributed by atoms with Crippen LogP contribution < -0.4 is 5.32 Å². The van der Waals surface area contributed by atoms with E-state index < -0.39 is 12.0 Å². The Morgan fingerprint density at radius 1 is 1.32 bits per heavy atom. The molecule has 0 aliphatic rings. The molecule has 1 N–H and O–H groups in total. The van der Waals surface area contributed by atoms with Crippen molar-refractivity contribution in [1.29, 1.82) is 0 Å². The molecule has 2 aromatic rings. The van der Waals surface area contributed by atoms with Gasteiger partial charge in [0.1, 0.15) is 11.7 Å². The highest BCUT2D eigenvalue weighted by Crippen LogP contribution is 2.16. The second-order valence-electron chi connectivity index (χ2n) is 6.36. The van der Waals surface area contributed by atoms with Crippen molar-refractivity contribution in [3.05, 3.63) is 42.7 Å². The highest BCUT2D eigenvalue weighted by molar-refractivity contribution is 5.94. The zero-order valence-corrected chi connectivity index (χ0v) is 14.7. The summed E-state index contributed by atoms with van der Waals surface area (Å²) in [5.41, 5.74) is 0.268. The number of anilines is 1. The van der Waals surface area contributed by atoms with Crippen LogP contribution in [0.4, 0.5) is 5.69 Å². The summed E-state index contributed by atoms with van der Waals surface area (Å²) in [6.45, 7) is 5.96. The van der Waals surface area contributed by atoms with E-state index in [9.17, 15) is 9.59 Å². The molecule has 0 unspecified atom stereocenters. The number of aromatic nitrogens is 3. The maximum atomic E-state index is 12.6. The van der Waals surface area contributed by atoms with Crippen molar-refractivity contribution in [3.8, 4) is 0 Å². The lowest BCUT2D eigenvalue weighted by molar-refractivity contribution is -0.123. The molecule has 0 fully saturated rings. The van der Waals surface area contributed by atoms with Gasteiger partial charge in [0.2, 0.25) is 5.91 Å². The van der Waals surface area contributed by atoms with E-state index in [1.165, 1.54) is 19.4 Å². The number of ether oxygens (including phenoxy) is 2. The molecule has 8 heteroatoms. The largest absolute Gasteiger partial charge is 0.464 e. The van der Waals surface area contributed by atoms with Gasteiger partial charge in [0.25, 0.3) is 0 Å². The van der Waals surface area contributed by atoms with E-state index in [4.69, 9.17) is 4.74 Å². The highest BCUT2D eigenvalue weighted by Gasteiger charge is 2.23. The predicted molar refractivity (Wildman–Crippen MR) is 91.2 cm³/mol. The minimum atomic E-state index is -0.581. The minimum Gasteiger partial charge on any atom is -0.464 e. The van der Waals surface area contributed by atoms with Gasteiger partial charge < -0.3 is 19.4 Å². The number of esters is 1. The first-order chi connectivity index (χ1) is 11.8. The van der Waals surface area contributed by atoms with Crippen LogP contribution in [0.1, 0.15) is 37.3 Å². The van der Waals surface area contributed by atoms with Crippen LogP contribution in [0.3, 0.4) is 0 Å². The Morgan fingerprint density at radius 2 is 2.08 bits per heavy atom. The molecule has 134 valence electrons. The second kappa shape index (κ2) is 7.89. The monoisotopic (exact) mass is 346 g/mol. The van der Waals surface area contributed by atoms with Gasteiger partial charge in [-0.25, -0.2) is 14.8 Å². The number of methoxy groups -OCH3 is 1. The molecule has 0 aliphatic carbocycles. The van der Waals surface area contributed by atoms with E-state index >= 15 is 0 Å². The Morgan fingerprint density at radius 3 is 2.60 bits per heavy atom. The van der Waals surface area contributed by atoms with Crippen molar-refractivity contribution in [2.45, 2.75) is 32.4 Å². The number of hydrogen-bond acceptors (Lipinski definition) is 6. The van der Waals surface area contributed by atoms with Gasteiger partial charge in [-0.2, -0.15) is 0 Å². The van der Waals surface area contributed by atoms with Crippen LogP contribution in [0.5, 0.6) is 0 Å². The van der Waals surface area contributed by atoms with Crippen LogP contribution >= 0.6 is 0 Å². The molecule has 0 spiro atoms. The average molecular weight is 346 g/mol. The quantitative estimate of drug-likeness (QED) is 0.805. The molecule has 1 atom stereocenters. The van der Waals surface area contributed by atoms with Gasteiger partial charge in [0.15, 0.2) is 0 Å². The maximum absolute atomic E-state index is 12.6. The molecule has 0 aromatic carbocycles. The van der Waals surface area contributed by atoms with Gasteiger partial charge in [-0.15, -0.1) is 0 Å². The Balaban J connectivity index is 2.10. The van der Waals surface area contributed by atoms with Crippen molar-refractivity contribution in [1.82, 2.24) is 14.5 Å². The molecule has 0 radical (unpaired) electrons. The number of carbonyl (C=O) groups is 2. The second-order valence-corrected chi connectivity index (χ2v) is 6.36. The molecule has 2 aromatic heterocycles. The van der Waals surface area contributed by atoms with Crippen molar-refractivity contribution >= 4 is 17.6 Å². The lowest BCUT2D eigenvalue weighted by atomic mass is 10.2. The van der Waals surface area contributed by atoms with Crippen LogP contribution in [-0.2, 0) is 14.3 Å². The number of nitrogens with zero attached hydrogens (tertiary/aromatic N) is 3. The molecule has 1 amide bonds. The SMILES string of the molecule is COC(=O)c1ccc(NC(=O)[C@H](COC(C)(C)C)n2ccnc2)cn1. The number of amides is 1. The summed E-state index contributed by atoms with van der Waals surface area (Å²) in [7, 11) is 1.28. The zero-order chi connectivity index (χ0) is 18.4. The Labute approximate surface area is 146 Å². The highest BCUT2D eigenvalue weighted by atomic mass is 16.5. The van der Waals surface area contributed by atoms with Gasteiger partial charge in [-0.1, -0.05) is 0 Å². The summed E-state index contributed by atoms with van der Waals surface area (Å²) in [4.78, 5) is 32.0. The number of pyridine rings is 1. The summed E-state index contributed by atoms with van der Waals surface area (Å²) < 4.78 is 12.0. The van der Waals surface area contributed by atoms with Crippen molar-refractivity contribution < 1.29 is 19.1 Å². The van der Waals surface area contributed by atoms with Crippen molar-refractivity contribution in [2.75, 3.05) is 19.0 Å². The Kier molecular flexibility index (Phi) is 5.87. The van der Waals surface area contributed by atoms with Gasteiger partial charge >= 0.3 is 5.97 Å². The molecule has 0 aliphatic heterocycles. The molecular formula is C17H22N4O4. The Hall–Kier alpha value is -2.74.